The Bertz CT molecular complexity index is 1350. The first-order valence-corrected chi connectivity index (χ1v) is 10.4. The summed E-state index contributed by atoms with van der Waals surface area (Å²) >= 11 is 0. The minimum atomic E-state index is -1.06. The Kier molecular flexibility index (Phi) is 6.64. The van der Waals surface area contributed by atoms with E-state index in [0.717, 1.165) is 23.8 Å². The Morgan fingerprint density at radius 1 is 0.714 bits per heavy atom. The minimum absolute atomic E-state index is 0.233. The van der Waals surface area contributed by atoms with Gasteiger partial charge in [0.15, 0.2) is 0 Å². The van der Waals surface area contributed by atoms with Crippen LogP contribution in [0.2, 0.25) is 0 Å². The number of aliphatic carboxylic acids is 2. The van der Waals surface area contributed by atoms with Gasteiger partial charge >= 0.3 is 11.9 Å². The van der Waals surface area contributed by atoms with E-state index >= 15 is 0 Å². The summed E-state index contributed by atoms with van der Waals surface area (Å²) in [7, 11) is 0. The number of benzene rings is 3. The van der Waals surface area contributed by atoms with Crippen molar-refractivity contribution in [1.29, 1.82) is 0 Å². The van der Waals surface area contributed by atoms with Gasteiger partial charge in [-0.3, -0.25) is 0 Å². The van der Waals surface area contributed by atoms with Crippen molar-refractivity contribution in [3.63, 3.8) is 0 Å². The van der Waals surface area contributed by atoms with E-state index in [1.807, 2.05) is 0 Å². The Balaban J connectivity index is 1.79. The number of carbonyl (C=O) groups is 2. The number of nitrogens with zero attached hydrogens (tertiary/aromatic N) is 1. The van der Waals surface area contributed by atoms with Crippen LogP contribution in [-0.4, -0.2) is 32.1 Å². The summed E-state index contributed by atoms with van der Waals surface area (Å²) in [4.78, 5) is 29.3. The minimum Gasteiger partial charge on any atom is -0.478 e. The summed E-state index contributed by atoms with van der Waals surface area (Å²) in [6.45, 7) is 0. The molecule has 0 aliphatic heterocycles. The van der Waals surface area contributed by atoms with Crippen LogP contribution < -0.4 is 0 Å². The largest absolute Gasteiger partial charge is 0.478 e. The van der Waals surface area contributed by atoms with E-state index in [1.165, 1.54) is 24.3 Å². The summed E-state index contributed by atoms with van der Waals surface area (Å²) in [5.74, 6) is -3.32. The van der Waals surface area contributed by atoms with Gasteiger partial charge in [-0.2, -0.15) is 0 Å². The van der Waals surface area contributed by atoms with Gasteiger partial charge in [0.05, 0.1) is 11.4 Å². The molecule has 174 valence electrons. The number of carboxylic acids is 2. The molecule has 0 spiro atoms. The molecule has 0 radical (unpaired) electrons. The highest BCUT2D eigenvalue weighted by Crippen LogP contribution is 2.34. The summed E-state index contributed by atoms with van der Waals surface area (Å²) in [5, 5.41) is 17.6. The summed E-state index contributed by atoms with van der Waals surface area (Å²) in [5.41, 5.74) is 4.12. The zero-order chi connectivity index (χ0) is 24.9. The standard InChI is InChI=1S/C27H18F2N2O4/c28-21-13-20(14-22(29)15-21)27-30-25(18-7-1-16(2-8-18)5-11-23(32)33)26(31-27)19-9-3-17(4-10-19)6-12-24(34)35/h1-15H,(H,30,31)(H,32,33)(H,34,35)/b11-5+,12-6+. The quantitative estimate of drug-likeness (QED) is 0.291. The molecule has 0 unspecified atom stereocenters. The Morgan fingerprint density at radius 2 is 1.20 bits per heavy atom. The molecule has 0 fully saturated rings. The second-order valence-electron chi connectivity index (χ2n) is 7.55. The number of rotatable bonds is 7. The lowest BCUT2D eigenvalue weighted by atomic mass is 10.0. The van der Waals surface area contributed by atoms with Gasteiger partial charge < -0.3 is 15.2 Å². The van der Waals surface area contributed by atoms with E-state index in [9.17, 15) is 18.4 Å². The number of carboxylic acid groups (broad SMARTS) is 2. The van der Waals surface area contributed by atoms with Gasteiger partial charge in [-0.25, -0.2) is 23.4 Å². The molecule has 3 N–H and O–H groups in total. The van der Waals surface area contributed by atoms with Crippen molar-refractivity contribution < 1.29 is 28.6 Å². The van der Waals surface area contributed by atoms with Crippen LogP contribution in [0.15, 0.2) is 78.9 Å². The predicted octanol–water partition coefficient (Wildman–Crippen LogP) is 5.88. The maximum absolute atomic E-state index is 13.8. The lowest BCUT2D eigenvalue weighted by molar-refractivity contribution is -0.132. The lowest BCUT2D eigenvalue weighted by Gasteiger charge is -2.05. The molecule has 1 aromatic heterocycles. The fourth-order valence-corrected chi connectivity index (χ4v) is 3.47. The number of nitrogens with one attached hydrogen (secondary N) is 1. The maximum Gasteiger partial charge on any atom is 0.328 e. The van der Waals surface area contributed by atoms with Gasteiger partial charge in [0.25, 0.3) is 0 Å². The topological polar surface area (TPSA) is 103 Å². The molecule has 0 aliphatic rings. The fraction of sp³-hybridized carbons (Fsp3) is 0. The van der Waals surface area contributed by atoms with Gasteiger partial charge in [-0.1, -0.05) is 48.5 Å². The molecule has 6 nitrogen and oxygen atoms in total. The van der Waals surface area contributed by atoms with Crippen LogP contribution in [0.25, 0.3) is 46.1 Å². The average molecular weight is 472 g/mol. The number of hydrogen-bond acceptors (Lipinski definition) is 3. The van der Waals surface area contributed by atoms with Crippen molar-refractivity contribution in [2.75, 3.05) is 0 Å². The van der Waals surface area contributed by atoms with Crippen molar-refractivity contribution in [3.8, 4) is 33.9 Å². The third-order valence-electron chi connectivity index (χ3n) is 5.06. The van der Waals surface area contributed by atoms with Crippen LogP contribution in [-0.2, 0) is 9.59 Å². The van der Waals surface area contributed by atoms with E-state index in [-0.39, 0.29) is 11.4 Å². The third-order valence-corrected chi connectivity index (χ3v) is 5.06. The van der Waals surface area contributed by atoms with Crippen LogP contribution in [0.3, 0.4) is 0 Å². The zero-order valence-electron chi connectivity index (χ0n) is 18.1. The first kappa shape index (κ1) is 23.3. The molecule has 4 aromatic rings. The SMILES string of the molecule is O=C(O)/C=C/c1ccc(-c2nc(-c3cc(F)cc(F)c3)[nH]c2-c2ccc(/C=C/C(=O)O)cc2)cc1. The highest BCUT2D eigenvalue weighted by Gasteiger charge is 2.16. The number of aromatic amines is 1. The molecule has 4 rings (SSSR count). The van der Waals surface area contributed by atoms with E-state index in [4.69, 9.17) is 10.2 Å². The Hall–Kier alpha value is -4.85. The van der Waals surface area contributed by atoms with Crippen LogP contribution in [0.4, 0.5) is 8.78 Å². The van der Waals surface area contributed by atoms with E-state index in [2.05, 4.69) is 9.97 Å². The Labute approximate surface area is 198 Å². The smallest absolute Gasteiger partial charge is 0.328 e. The first-order valence-electron chi connectivity index (χ1n) is 10.4. The second kappa shape index (κ2) is 9.96. The van der Waals surface area contributed by atoms with E-state index < -0.39 is 23.6 Å². The normalized spacial score (nSPS) is 11.4. The molecular weight excluding hydrogens is 454 g/mol. The third kappa shape index (κ3) is 5.75. The van der Waals surface area contributed by atoms with Crippen LogP contribution in [0.5, 0.6) is 0 Å². The number of hydrogen-bond donors (Lipinski definition) is 3. The number of imidazole rings is 1. The monoisotopic (exact) mass is 472 g/mol. The average Bonchev–Trinajstić information content (AvgIpc) is 3.27. The number of halogens is 2. The molecule has 0 atom stereocenters. The summed E-state index contributed by atoms with van der Waals surface area (Å²) < 4.78 is 27.7. The molecule has 3 aromatic carbocycles. The summed E-state index contributed by atoms with van der Waals surface area (Å²) in [6, 6.07) is 17.1. The van der Waals surface area contributed by atoms with Gasteiger partial charge in [0.2, 0.25) is 0 Å². The molecule has 0 saturated carbocycles. The molecule has 1 heterocycles. The van der Waals surface area contributed by atoms with Crippen molar-refractivity contribution in [1.82, 2.24) is 9.97 Å². The highest BCUT2D eigenvalue weighted by atomic mass is 19.1. The van der Waals surface area contributed by atoms with E-state index in [0.29, 0.717) is 28.1 Å². The molecular formula is C27H18F2N2O4. The summed E-state index contributed by atoms with van der Waals surface area (Å²) in [6.07, 6.45) is 4.99. The molecule has 0 bridgehead atoms. The lowest BCUT2D eigenvalue weighted by Crippen LogP contribution is -1.87. The van der Waals surface area contributed by atoms with Gasteiger partial charge in [-0.05, 0) is 35.4 Å². The van der Waals surface area contributed by atoms with Crippen molar-refractivity contribution >= 4 is 24.1 Å². The van der Waals surface area contributed by atoms with Crippen molar-refractivity contribution in [2.45, 2.75) is 0 Å². The molecule has 0 saturated heterocycles. The zero-order valence-corrected chi connectivity index (χ0v) is 18.1. The van der Waals surface area contributed by atoms with Gasteiger partial charge in [0.1, 0.15) is 17.5 Å². The molecule has 0 aliphatic carbocycles. The molecule has 0 amide bonds. The van der Waals surface area contributed by atoms with Crippen molar-refractivity contribution in [2.24, 2.45) is 0 Å². The van der Waals surface area contributed by atoms with Crippen LogP contribution in [0, 0.1) is 11.6 Å². The predicted molar refractivity (Wildman–Crippen MR) is 128 cm³/mol. The van der Waals surface area contributed by atoms with Crippen LogP contribution >= 0.6 is 0 Å². The first-order chi connectivity index (χ1) is 16.8. The van der Waals surface area contributed by atoms with E-state index in [1.54, 1.807) is 48.5 Å². The fourth-order valence-electron chi connectivity index (χ4n) is 3.47. The van der Waals surface area contributed by atoms with Gasteiger partial charge in [-0.15, -0.1) is 0 Å². The van der Waals surface area contributed by atoms with Crippen LogP contribution in [0.1, 0.15) is 11.1 Å². The van der Waals surface area contributed by atoms with Gasteiger partial charge in [0, 0.05) is 34.9 Å². The Morgan fingerprint density at radius 3 is 1.69 bits per heavy atom. The second-order valence-corrected chi connectivity index (χ2v) is 7.55. The number of aromatic nitrogens is 2. The number of H-pyrrole nitrogens is 1. The molecule has 35 heavy (non-hydrogen) atoms. The molecule has 8 heteroatoms. The highest BCUT2D eigenvalue weighted by molar-refractivity contribution is 5.87. The van der Waals surface area contributed by atoms with Crippen molar-refractivity contribution in [3.05, 3.63) is 102 Å². The maximum atomic E-state index is 13.8.